The van der Waals surface area contributed by atoms with Crippen molar-refractivity contribution in [2.75, 3.05) is 19.0 Å². The molecule has 0 aliphatic rings. The Morgan fingerprint density at radius 2 is 2.17 bits per heavy atom. The molecule has 0 unspecified atom stereocenters. The summed E-state index contributed by atoms with van der Waals surface area (Å²) in [5, 5.41) is 6.47. The van der Waals surface area contributed by atoms with Gasteiger partial charge >= 0.3 is 0 Å². The molecule has 0 saturated heterocycles. The zero-order valence-electron chi connectivity index (χ0n) is 10.7. The van der Waals surface area contributed by atoms with Crippen LogP contribution in [0.15, 0.2) is 11.7 Å². The zero-order chi connectivity index (χ0) is 13.0. The van der Waals surface area contributed by atoms with Crippen LogP contribution in [0.1, 0.15) is 16.3 Å². The second-order valence-electron chi connectivity index (χ2n) is 3.89. The molecule has 0 amide bonds. The molecule has 0 radical (unpaired) electrons. The number of aromatic nitrogens is 3. The molecule has 96 valence electrons. The Bertz CT molecular complexity index is 527. The number of aryl methyl sites for hydroxylation is 1. The van der Waals surface area contributed by atoms with E-state index in [1.807, 2.05) is 13.8 Å². The first-order chi connectivity index (χ1) is 8.70. The molecule has 18 heavy (non-hydrogen) atoms. The predicted octanol–water partition coefficient (Wildman–Crippen LogP) is 2.21. The Balaban J connectivity index is 1.94. The third kappa shape index (κ3) is 2.95. The molecule has 1 N–H and O–H groups in total. The molecule has 0 atom stereocenters. The molecule has 0 saturated carbocycles. The van der Waals surface area contributed by atoms with Crippen molar-refractivity contribution in [1.82, 2.24) is 15.0 Å². The molecular formula is C12H16N4OS. The molecule has 0 aliphatic heterocycles. The molecule has 0 aliphatic carbocycles. The lowest BCUT2D eigenvalue weighted by Crippen LogP contribution is -2.09. The Morgan fingerprint density at radius 1 is 1.33 bits per heavy atom. The van der Waals surface area contributed by atoms with E-state index in [1.54, 1.807) is 18.4 Å². The van der Waals surface area contributed by atoms with Crippen LogP contribution in [-0.2, 0) is 6.42 Å². The highest BCUT2D eigenvalue weighted by Crippen LogP contribution is 2.19. The van der Waals surface area contributed by atoms with Crippen molar-refractivity contribution in [2.24, 2.45) is 0 Å². The Labute approximate surface area is 110 Å². The summed E-state index contributed by atoms with van der Waals surface area (Å²) in [4.78, 5) is 12.7. The number of thiazole rings is 1. The van der Waals surface area contributed by atoms with Crippen molar-refractivity contribution in [2.45, 2.75) is 20.3 Å². The summed E-state index contributed by atoms with van der Waals surface area (Å²) in [6, 6.07) is 0. The highest BCUT2D eigenvalue weighted by atomic mass is 32.1. The van der Waals surface area contributed by atoms with Crippen LogP contribution in [0.2, 0.25) is 0 Å². The molecule has 0 aromatic carbocycles. The molecular weight excluding hydrogens is 248 g/mol. The van der Waals surface area contributed by atoms with E-state index in [-0.39, 0.29) is 0 Å². The Morgan fingerprint density at radius 3 is 2.83 bits per heavy atom. The second-order valence-corrected chi connectivity index (χ2v) is 4.95. The van der Waals surface area contributed by atoms with Gasteiger partial charge in [0.05, 0.1) is 23.4 Å². The summed E-state index contributed by atoms with van der Waals surface area (Å²) in [6.45, 7) is 4.75. The van der Waals surface area contributed by atoms with Gasteiger partial charge in [-0.1, -0.05) is 0 Å². The van der Waals surface area contributed by atoms with Crippen LogP contribution in [0.4, 0.5) is 5.82 Å². The normalized spacial score (nSPS) is 10.4. The fourth-order valence-corrected chi connectivity index (χ4v) is 2.30. The third-order valence-electron chi connectivity index (χ3n) is 2.57. The number of nitrogens with zero attached hydrogens (tertiary/aromatic N) is 3. The molecule has 2 aromatic heterocycles. The van der Waals surface area contributed by atoms with Crippen molar-refractivity contribution >= 4 is 17.2 Å². The van der Waals surface area contributed by atoms with Gasteiger partial charge in [-0.2, -0.15) is 0 Å². The monoisotopic (exact) mass is 264 g/mol. The van der Waals surface area contributed by atoms with Gasteiger partial charge in [0, 0.05) is 18.3 Å². The first kappa shape index (κ1) is 12.8. The Hall–Kier alpha value is -1.69. The van der Waals surface area contributed by atoms with Gasteiger partial charge in [0.15, 0.2) is 0 Å². The molecule has 2 heterocycles. The lowest BCUT2D eigenvalue weighted by Gasteiger charge is -2.09. The van der Waals surface area contributed by atoms with Crippen LogP contribution in [0, 0.1) is 13.8 Å². The van der Waals surface area contributed by atoms with Gasteiger partial charge in [-0.15, -0.1) is 11.3 Å². The van der Waals surface area contributed by atoms with Crippen LogP contribution in [-0.4, -0.2) is 28.6 Å². The highest BCUT2D eigenvalue weighted by Gasteiger charge is 2.06. The van der Waals surface area contributed by atoms with Crippen LogP contribution >= 0.6 is 11.3 Å². The first-order valence-corrected chi connectivity index (χ1v) is 6.59. The summed E-state index contributed by atoms with van der Waals surface area (Å²) >= 11 is 1.68. The maximum absolute atomic E-state index is 5.15. The van der Waals surface area contributed by atoms with Gasteiger partial charge in [0.1, 0.15) is 12.1 Å². The molecule has 2 aromatic rings. The number of ether oxygens (including phenoxy) is 1. The van der Waals surface area contributed by atoms with Gasteiger partial charge in [0.2, 0.25) is 5.88 Å². The second kappa shape index (κ2) is 5.77. The number of anilines is 1. The SMILES string of the molecule is COc1ncnc(NCCc2csc(C)n2)c1C. The van der Waals surface area contributed by atoms with E-state index in [4.69, 9.17) is 4.74 Å². The first-order valence-electron chi connectivity index (χ1n) is 5.71. The summed E-state index contributed by atoms with van der Waals surface area (Å²) < 4.78 is 5.15. The molecule has 0 spiro atoms. The van der Waals surface area contributed by atoms with Crippen LogP contribution in [0.25, 0.3) is 0 Å². The lowest BCUT2D eigenvalue weighted by atomic mass is 10.3. The van der Waals surface area contributed by atoms with E-state index < -0.39 is 0 Å². The zero-order valence-corrected chi connectivity index (χ0v) is 11.5. The van der Waals surface area contributed by atoms with Gasteiger partial charge < -0.3 is 10.1 Å². The van der Waals surface area contributed by atoms with Crippen molar-refractivity contribution in [3.8, 4) is 5.88 Å². The van der Waals surface area contributed by atoms with Crippen molar-refractivity contribution in [3.05, 3.63) is 28.0 Å². The molecule has 0 bridgehead atoms. The topological polar surface area (TPSA) is 59.9 Å². The van der Waals surface area contributed by atoms with E-state index in [9.17, 15) is 0 Å². The molecule has 6 heteroatoms. The minimum absolute atomic E-state index is 0.608. The Kier molecular flexibility index (Phi) is 4.09. The summed E-state index contributed by atoms with van der Waals surface area (Å²) in [7, 11) is 1.61. The lowest BCUT2D eigenvalue weighted by molar-refractivity contribution is 0.393. The van der Waals surface area contributed by atoms with E-state index in [1.165, 1.54) is 6.33 Å². The van der Waals surface area contributed by atoms with Crippen LogP contribution in [0.5, 0.6) is 5.88 Å². The minimum atomic E-state index is 0.608. The van der Waals surface area contributed by atoms with E-state index in [0.717, 1.165) is 35.0 Å². The predicted molar refractivity (Wildman–Crippen MR) is 72.4 cm³/mol. The highest BCUT2D eigenvalue weighted by molar-refractivity contribution is 7.09. The van der Waals surface area contributed by atoms with Gasteiger partial charge in [-0.05, 0) is 13.8 Å². The third-order valence-corrected chi connectivity index (χ3v) is 3.39. The number of hydrogen-bond acceptors (Lipinski definition) is 6. The van der Waals surface area contributed by atoms with Crippen LogP contribution in [0.3, 0.4) is 0 Å². The van der Waals surface area contributed by atoms with Gasteiger partial charge in [-0.3, -0.25) is 0 Å². The van der Waals surface area contributed by atoms with E-state index >= 15 is 0 Å². The van der Waals surface area contributed by atoms with Gasteiger partial charge in [0.25, 0.3) is 0 Å². The number of hydrogen-bond donors (Lipinski definition) is 1. The van der Waals surface area contributed by atoms with Crippen LogP contribution < -0.4 is 10.1 Å². The summed E-state index contributed by atoms with van der Waals surface area (Å²) in [5.74, 6) is 1.42. The van der Waals surface area contributed by atoms with Crippen molar-refractivity contribution < 1.29 is 4.74 Å². The van der Waals surface area contributed by atoms with Crippen molar-refractivity contribution in [3.63, 3.8) is 0 Å². The fraction of sp³-hybridized carbons (Fsp3) is 0.417. The van der Waals surface area contributed by atoms with Crippen molar-refractivity contribution in [1.29, 1.82) is 0 Å². The van der Waals surface area contributed by atoms with Gasteiger partial charge in [-0.25, -0.2) is 15.0 Å². The number of methoxy groups -OCH3 is 1. The average Bonchev–Trinajstić information content (AvgIpc) is 2.77. The largest absolute Gasteiger partial charge is 0.481 e. The number of rotatable bonds is 5. The molecule has 5 nitrogen and oxygen atoms in total. The standard InChI is InChI=1S/C12H16N4OS/c1-8-11(14-7-15-12(8)17-3)13-5-4-10-6-18-9(2)16-10/h6-7H,4-5H2,1-3H3,(H,13,14,15). The average molecular weight is 264 g/mol. The maximum Gasteiger partial charge on any atom is 0.221 e. The minimum Gasteiger partial charge on any atom is -0.481 e. The molecule has 0 fully saturated rings. The fourth-order valence-electron chi connectivity index (χ4n) is 1.65. The molecule has 2 rings (SSSR count). The maximum atomic E-state index is 5.15. The van der Waals surface area contributed by atoms with E-state index in [2.05, 4.69) is 25.6 Å². The smallest absolute Gasteiger partial charge is 0.221 e. The quantitative estimate of drug-likeness (QED) is 0.897. The number of nitrogens with one attached hydrogen (secondary N) is 1. The summed E-state index contributed by atoms with van der Waals surface area (Å²) in [5.41, 5.74) is 2.04. The summed E-state index contributed by atoms with van der Waals surface area (Å²) in [6.07, 6.45) is 2.39. The van der Waals surface area contributed by atoms with E-state index in [0.29, 0.717) is 5.88 Å².